The molecule has 1 aliphatic rings. The fourth-order valence-electron chi connectivity index (χ4n) is 3.93. The van der Waals surface area contributed by atoms with Crippen molar-refractivity contribution in [1.82, 2.24) is 0 Å². The van der Waals surface area contributed by atoms with E-state index in [4.69, 9.17) is 58.0 Å². The minimum Gasteiger partial charge on any atom is -0.326 e. The first-order valence-electron chi connectivity index (χ1n) is 10.6. The zero-order valence-electron chi connectivity index (χ0n) is 18.6. The van der Waals surface area contributed by atoms with Gasteiger partial charge in [0.2, 0.25) is 5.91 Å². The summed E-state index contributed by atoms with van der Waals surface area (Å²) in [5.74, 6) is -2.82. The van der Waals surface area contributed by atoms with Crippen molar-refractivity contribution in [3.8, 4) is 6.07 Å². The molecule has 4 rings (SSSR count). The summed E-state index contributed by atoms with van der Waals surface area (Å²) in [7, 11) is 0. The third-order valence-electron chi connectivity index (χ3n) is 5.77. The van der Waals surface area contributed by atoms with Crippen molar-refractivity contribution in [3.05, 3.63) is 91.9 Å². The molecule has 1 fully saturated rings. The highest BCUT2D eigenvalue weighted by Gasteiger charge is 2.67. The van der Waals surface area contributed by atoms with Crippen LogP contribution in [0.5, 0.6) is 0 Å². The Morgan fingerprint density at radius 3 is 2.18 bits per heavy atom. The van der Waals surface area contributed by atoms with Crippen molar-refractivity contribution < 1.29 is 22.8 Å². The molecule has 2 amide bonds. The molecule has 0 spiro atoms. The normalized spacial score (nSPS) is 17.9. The number of amides is 2. The lowest BCUT2D eigenvalue weighted by molar-refractivity contribution is -0.137. The lowest BCUT2D eigenvalue weighted by atomic mass is 10.1. The molecule has 1 saturated carbocycles. The highest BCUT2D eigenvalue weighted by atomic mass is 35.5. The third-order valence-corrected chi connectivity index (χ3v) is 7.48. The van der Waals surface area contributed by atoms with E-state index >= 15 is 0 Å². The molecule has 13 heteroatoms. The van der Waals surface area contributed by atoms with E-state index < -0.39 is 45.3 Å². The summed E-state index contributed by atoms with van der Waals surface area (Å²) in [6.45, 7) is 0. The Bertz CT molecular complexity index is 1480. The van der Waals surface area contributed by atoms with Gasteiger partial charge in [-0.2, -0.15) is 18.4 Å². The number of halogens is 8. The Morgan fingerprint density at radius 1 is 0.921 bits per heavy atom. The quantitative estimate of drug-likeness (QED) is 0.281. The first-order valence-corrected chi connectivity index (χ1v) is 12.5. The molecule has 0 unspecified atom stereocenters. The number of carbonyl (C=O) groups is 2. The fourth-order valence-corrected chi connectivity index (χ4v) is 5.51. The molecular weight excluding hydrogens is 609 g/mol. The molecule has 5 nitrogen and oxygen atoms in total. The zero-order chi connectivity index (χ0) is 28.0. The van der Waals surface area contributed by atoms with E-state index in [1.165, 1.54) is 24.3 Å². The smallest absolute Gasteiger partial charge is 0.326 e. The molecule has 196 valence electrons. The van der Waals surface area contributed by atoms with Gasteiger partial charge in [-0.1, -0.05) is 34.8 Å². The van der Waals surface area contributed by atoms with Gasteiger partial charge in [0.15, 0.2) is 0 Å². The molecule has 0 aliphatic heterocycles. The molecular formula is C25H13Cl5F3N3O2. The minimum atomic E-state index is -4.66. The van der Waals surface area contributed by atoms with Crippen molar-refractivity contribution in [2.75, 3.05) is 10.6 Å². The summed E-state index contributed by atoms with van der Waals surface area (Å²) >= 11 is 31.0. The number of hydrogen-bond acceptors (Lipinski definition) is 3. The third kappa shape index (κ3) is 5.83. The first-order chi connectivity index (χ1) is 17.7. The Kier molecular flexibility index (Phi) is 7.81. The number of nitrogens with one attached hydrogen (secondary N) is 2. The molecule has 2 atom stereocenters. The summed E-state index contributed by atoms with van der Waals surface area (Å²) < 4.78 is 37.4. The van der Waals surface area contributed by atoms with Gasteiger partial charge in [0.1, 0.15) is 10.4 Å². The van der Waals surface area contributed by atoms with Gasteiger partial charge >= 0.3 is 6.18 Å². The molecule has 3 aromatic carbocycles. The monoisotopic (exact) mass is 619 g/mol. The maximum atomic E-state index is 13.0. The molecule has 38 heavy (non-hydrogen) atoms. The van der Waals surface area contributed by atoms with Gasteiger partial charge in [0.25, 0.3) is 5.91 Å². The van der Waals surface area contributed by atoms with Crippen LogP contribution >= 0.6 is 58.0 Å². The number of carbonyl (C=O) groups excluding carboxylic acids is 2. The number of alkyl halides is 5. The van der Waals surface area contributed by atoms with Crippen LogP contribution in [0.1, 0.15) is 33.0 Å². The number of nitrogens with zero attached hydrogens (tertiary/aromatic N) is 1. The molecule has 0 saturated heterocycles. The van der Waals surface area contributed by atoms with Crippen molar-refractivity contribution in [2.45, 2.75) is 16.4 Å². The second kappa shape index (κ2) is 10.5. The maximum Gasteiger partial charge on any atom is 0.416 e. The van der Waals surface area contributed by atoms with Gasteiger partial charge in [-0.15, -0.1) is 23.2 Å². The molecule has 0 bridgehead atoms. The Balaban J connectivity index is 1.53. The lowest BCUT2D eigenvalue weighted by Gasteiger charge is -2.13. The Hall–Kier alpha value is -2.67. The van der Waals surface area contributed by atoms with E-state index in [1.54, 1.807) is 18.2 Å². The van der Waals surface area contributed by atoms with E-state index in [0.717, 1.165) is 12.1 Å². The van der Waals surface area contributed by atoms with Crippen molar-refractivity contribution >= 4 is 81.2 Å². The Labute approximate surface area is 239 Å². The van der Waals surface area contributed by atoms with Gasteiger partial charge < -0.3 is 10.6 Å². The van der Waals surface area contributed by atoms with Crippen molar-refractivity contribution in [3.63, 3.8) is 0 Å². The fraction of sp³-hybridized carbons (Fsp3) is 0.160. The summed E-state index contributed by atoms with van der Waals surface area (Å²) in [5.41, 5.74) is -0.931. The molecule has 2 N–H and O–H groups in total. The number of anilines is 2. The van der Waals surface area contributed by atoms with E-state index in [1.807, 2.05) is 0 Å². The zero-order valence-corrected chi connectivity index (χ0v) is 22.4. The summed E-state index contributed by atoms with van der Waals surface area (Å²) in [6, 6.07) is 12.7. The highest BCUT2D eigenvalue weighted by molar-refractivity contribution is 6.53. The van der Waals surface area contributed by atoms with Crippen LogP contribution in [0.15, 0.2) is 54.6 Å². The standard InChI is InChI=1S/C25H13Cl5F3N3O2/c26-14-6-11(7-15(27)8-14)20-21(24(20,29)30)23(38)35-16-2-3-18(28)17(9-16)22(37)36-19-4-1-13(25(31,32)33)5-12(19)10-34/h1-9,20-21H,(H,35,38)(H,36,37)/t20-,21+/m0/s1. The van der Waals surface area contributed by atoms with Gasteiger partial charge in [0.05, 0.1) is 33.3 Å². The Morgan fingerprint density at radius 2 is 1.58 bits per heavy atom. The van der Waals surface area contributed by atoms with Gasteiger partial charge in [-0.25, -0.2) is 0 Å². The first kappa shape index (κ1) is 28.3. The van der Waals surface area contributed by atoms with E-state index in [2.05, 4.69) is 10.6 Å². The average molecular weight is 622 g/mol. The molecule has 3 aromatic rings. The van der Waals surface area contributed by atoms with Crippen molar-refractivity contribution in [2.24, 2.45) is 5.92 Å². The second-order valence-corrected chi connectivity index (χ2v) is 11.1. The predicted molar refractivity (Wildman–Crippen MR) is 141 cm³/mol. The van der Waals surface area contributed by atoms with Gasteiger partial charge in [0, 0.05) is 21.7 Å². The van der Waals surface area contributed by atoms with Crippen LogP contribution in [0.2, 0.25) is 15.1 Å². The lowest BCUT2D eigenvalue weighted by Crippen LogP contribution is -2.18. The van der Waals surface area contributed by atoms with Crippen LogP contribution in [0, 0.1) is 17.2 Å². The maximum absolute atomic E-state index is 13.0. The van der Waals surface area contributed by atoms with Crippen LogP contribution in [0.4, 0.5) is 24.5 Å². The van der Waals surface area contributed by atoms with E-state index in [0.29, 0.717) is 21.7 Å². The van der Waals surface area contributed by atoms with E-state index in [-0.39, 0.29) is 22.0 Å². The van der Waals surface area contributed by atoms with Crippen LogP contribution in [0.25, 0.3) is 0 Å². The topological polar surface area (TPSA) is 82.0 Å². The predicted octanol–water partition coefficient (Wildman–Crippen LogP) is 8.32. The summed E-state index contributed by atoms with van der Waals surface area (Å²) in [5, 5.41) is 14.9. The number of nitriles is 1. The van der Waals surface area contributed by atoms with Crippen LogP contribution in [-0.4, -0.2) is 16.1 Å². The average Bonchev–Trinajstić information content (AvgIpc) is 3.41. The molecule has 0 radical (unpaired) electrons. The molecule has 0 heterocycles. The van der Waals surface area contributed by atoms with Crippen LogP contribution in [-0.2, 0) is 11.0 Å². The SMILES string of the molecule is N#Cc1cc(C(F)(F)F)ccc1NC(=O)c1cc(NC(=O)[C@H]2[C@H](c3cc(Cl)cc(Cl)c3)C2(Cl)Cl)ccc1Cl. The van der Waals surface area contributed by atoms with Crippen LogP contribution < -0.4 is 10.6 Å². The van der Waals surface area contributed by atoms with Gasteiger partial charge in [-0.3, -0.25) is 9.59 Å². The van der Waals surface area contributed by atoms with Crippen LogP contribution in [0.3, 0.4) is 0 Å². The van der Waals surface area contributed by atoms with Crippen molar-refractivity contribution in [1.29, 1.82) is 5.26 Å². The highest BCUT2D eigenvalue weighted by Crippen LogP contribution is 2.65. The summed E-state index contributed by atoms with van der Waals surface area (Å²) in [4.78, 5) is 25.9. The molecule has 0 aromatic heterocycles. The number of rotatable bonds is 5. The second-order valence-electron chi connectivity index (χ2n) is 8.34. The summed E-state index contributed by atoms with van der Waals surface area (Å²) in [6.07, 6.45) is -4.66. The number of hydrogen-bond donors (Lipinski definition) is 2. The van der Waals surface area contributed by atoms with E-state index in [9.17, 15) is 28.0 Å². The largest absolute Gasteiger partial charge is 0.416 e. The van der Waals surface area contributed by atoms with Gasteiger partial charge in [-0.05, 0) is 60.2 Å². The number of benzene rings is 3. The molecule has 1 aliphatic carbocycles. The minimum absolute atomic E-state index is 0.00665.